The number of amides is 1. The molecule has 0 spiro atoms. The van der Waals surface area contributed by atoms with Crippen LogP contribution >= 0.6 is 0 Å². The highest BCUT2D eigenvalue weighted by Crippen LogP contribution is 2.26. The predicted octanol–water partition coefficient (Wildman–Crippen LogP) is 3.24. The molecule has 1 aliphatic heterocycles. The summed E-state index contributed by atoms with van der Waals surface area (Å²) in [6.45, 7) is 2.96. The second kappa shape index (κ2) is 8.62. The van der Waals surface area contributed by atoms with E-state index >= 15 is 0 Å². The predicted molar refractivity (Wildman–Crippen MR) is 97.6 cm³/mol. The van der Waals surface area contributed by atoms with E-state index in [4.69, 9.17) is 4.74 Å². The summed E-state index contributed by atoms with van der Waals surface area (Å²) in [5.74, 6) is -1.58. The number of ether oxygens (including phenoxy) is 1. The maximum atomic E-state index is 13.6. The van der Waals surface area contributed by atoms with E-state index in [-0.39, 0.29) is 24.6 Å². The van der Waals surface area contributed by atoms with E-state index < -0.39 is 11.6 Å². The fourth-order valence-corrected chi connectivity index (χ4v) is 2.84. The zero-order valence-corrected chi connectivity index (χ0v) is 14.3. The fourth-order valence-electron chi connectivity index (χ4n) is 2.84. The van der Waals surface area contributed by atoms with Gasteiger partial charge in [-0.25, -0.2) is 8.78 Å². The zero-order valence-electron chi connectivity index (χ0n) is 14.3. The van der Waals surface area contributed by atoms with Crippen molar-refractivity contribution in [1.82, 2.24) is 0 Å². The second-order valence-corrected chi connectivity index (χ2v) is 5.94. The Morgan fingerprint density at radius 2 is 1.73 bits per heavy atom. The van der Waals surface area contributed by atoms with Crippen molar-refractivity contribution < 1.29 is 18.3 Å². The molecule has 138 valence electrons. The van der Waals surface area contributed by atoms with Gasteiger partial charge in [-0.15, -0.1) is 0 Å². The summed E-state index contributed by atoms with van der Waals surface area (Å²) in [7, 11) is 0. The third-order valence-electron chi connectivity index (χ3n) is 4.15. The van der Waals surface area contributed by atoms with Crippen LogP contribution < -0.4 is 15.5 Å². The first-order chi connectivity index (χ1) is 12.6. The first kappa shape index (κ1) is 18.1. The van der Waals surface area contributed by atoms with E-state index in [1.807, 2.05) is 24.3 Å². The van der Waals surface area contributed by atoms with Gasteiger partial charge < -0.3 is 20.3 Å². The van der Waals surface area contributed by atoms with Crippen LogP contribution in [0, 0.1) is 11.6 Å². The Morgan fingerprint density at radius 3 is 2.46 bits per heavy atom. The number of benzene rings is 2. The zero-order chi connectivity index (χ0) is 18.4. The Labute approximate surface area is 151 Å². The smallest absolute Gasteiger partial charge is 0.226 e. The van der Waals surface area contributed by atoms with Gasteiger partial charge in [0.15, 0.2) is 0 Å². The molecule has 1 amide bonds. The Hall–Kier alpha value is -2.67. The first-order valence-corrected chi connectivity index (χ1v) is 8.54. The summed E-state index contributed by atoms with van der Waals surface area (Å²) in [6, 6.07) is 11.2. The lowest BCUT2D eigenvalue weighted by Gasteiger charge is -2.30. The van der Waals surface area contributed by atoms with Crippen molar-refractivity contribution in [2.45, 2.75) is 6.42 Å². The number of nitrogens with one attached hydrogen (secondary N) is 2. The van der Waals surface area contributed by atoms with E-state index in [0.717, 1.165) is 24.5 Å². The molecule has 1 fully saturated rings. The lowest BCUT2D eigenvalue weighted by Crippen LogP contribution is -2.36. The second-order valence-electron chi connectivity index (χ2n) is 5.94. The van der Waals surface area contributed by atoms with Crippen molar-refractivity contribution in [1.29, 1.82) is 0 Å². The Kier molecular flexibility index (Phi) is 6.01. The summed E-state index contributed by atoms with van der Waals surface area (Å²) >= 11 is 0. The molecule has 5 nitrogen and oxygen atoms in total. The van der Waals surface area contributed by atoms with Crippen molar-refractivity contribution in [2.75, 3.05) is 48.4 Å². The van der Waals surface area contributed by atoms with Gasteiger partial charge in [0.2, 0.25) is 5.91 Å². The number of carbonyl (C=O) groups is 1. The summed E-state index contributed by atoms with van der Waals surface area (Å²) in [5.41, 5.74) is 1.45. The molecule has 2 aromatic carbocycles. The van der Waals surface area contributed by atoms with Gasteiger partial charge in [0.05, 0.1) is 24.6 Å². The quantitative estimate of drug-likeness (QED) is 0.829. The molecule has 0 bridgehead atoms. The number of rotatable bonds is 6. The first-order valence-electron chi connectivity index (χ1n) is 8.54. The number of anilines is 3. The normalized spacial score (nSPS) is 14.2. The third kappa shape index (κ3) is 4.49. The largest absolute Gasteiger partial charge is 0.380 e. The molecule has 2 aromatic rings. The summed E-state index contributed by atoms with van der Waals surface area (Å²) in [4.78, 5) is 14.4. The number of nitrogens with zero attached hydrogens (tertiary/aromatic N) is 1. The molecule has 0 aliphatic carbocycles. The minimum Gasteiger partial charge on any atom is -0.380 e. The number of halogens is 2. The molecule has 7 heteroatoms. The SMILES string of the molecule is O=C(CCNc1c(F)cccc1F)Nc1ccccc1N1CCOCC1. The van der Waals surface area contributed by atoms with Gasteiger partial charge in [-0.1, -0.05) is 18.2 Å². The molecule has 0 aromatic heterocycles. The standard InChI is InChI=1S/C19H21F2N3O2/c20-14-4-3-5-15(21)19(14)22-9-8-18(25)23-16-6-1-2-7-17(16)24-10-12-26-13-11-24/h1-7,22H,8-13H2,(H,23,25). The maximum Gasteiger partial charge on any atom is 0.226 e. The van der Waals surface area contributed by atoms with Crippen LogP contribution in [0.3, 0.4) is 0 Å². The Balaban J connectivity index is 1.57. The summed E-state index contributed by atoms with van der Waals surface area (Å²) < 4.78 is 32.5. The van der Waals surface area contributed by atoms with Crippen LogP contribution in [0.2, 0.25) is 0 Å². The van der Waals surface area contributed by atoms with E-state index in [2.05, 4.69) is 15.5 Å². The van der Waals surface area contributed by atoms with Gasteiger partial charge in [-0.3, -0.25) is 4.79 Å². The molecular formula is C19H21F2N3O2. The molecule has 3 rings (SSSR count). The number of morpholine rings is 1. The van der Waals surface area contributed by atoms with Crippen molar-refractivity contribution in [3.8, 4) is 0 Å². The molecule has 1 aliphatic rings. The van der Waals surface area contributed by atoms with Gasteiger partial charge in [0.1, 0.15) is 17.3 Å². The average Bonchev–Trinajstić information content (AvgIpc) is 2.65. The van der Waals surface area contributed by atoms with Crippen molar-refractivity contribution in [3.05, 3.63) is 54.1 Å². The van der Waals surface area contributed by atoms with Gasteiger partial charge in [0, 0.05) is 26.1 Å². The van der Waals surface area contributed by atoms with E-state index in [1.165, 1.54) is 18.2 Å². The molecule has 2 N–H and O–H groups in total. The number of hydrogen-bond donors (Lipinski definition) is 2. The lowest BCUT2D eigenvalue weighted by molar-refractivity contribution is -0.115. The highest BCUT2D eigenvalue weighted by Gasteiger charge is 2.16. The van der Waals surface area contributed by atoms with Gasteiger partial charge in [-0.2, -0.15) is 0 Å². The van der Waals surface area contributed by atoms with Crippen LogP contribution in [0.1, 0.15) is 6.42 Å². The fraction of sp³-hybridized carbons (Fsp3) is 0.316. The van der Waals surface area contributed by atoms with Gasteiger partial charge in [-0.05, 0) is 24.3 Å². The van der Waals surface area contributed by atoms with Crippen LogP contribution in [-0.2, 0) is 9.53 Å². The highest BCUT2D eigenvalue weighted by atomic mass is 19.1. The van der Waals surface area contributed by atoms with Gasteiger partial charge in [0.25, 0.3) is 0 Å². The molecule has 0 atom stereocenters. The molecular weight excluding hydrogens is 340 g/mol. The van der Waals surface area contributed by atoms with Crippen LogP contribution in [0.5, 0.6) is 0 Å². The molecule has 0 radical (unpaired) electrons. The Bertz CT molecular complexity index is 744. The third-order valence-corrected chi connectivity index (χ3v) is 4.15. The monoisotopic (exact) mass is 361 g/mol. The van der Waals surface area contributed by atoms with E-state index in [1.54, 1.807) is 0 Å². The molecule has 0 unspecified atom stereocenters. The Morgan fingerprint density at radius 1 is 1.04 bits per heavy atom. The number of carbonyl (C=O) groups excluding carboxylic acids is 1. The molecule has 1 saturated heterocycles. The van der Waals surface area contributed by atoms with Crippen molar-refractivity contribution in [2.24, 2.45) is 0 Å². The van der Waals surface area contributed by atoms with Crippen LogP contribution in [0.15, 0.2) is 42.5 Å². The van der Waals surface area contributed by atoms with Crippen molar-refractivity contribution in [3.63, 3.8) is 0 Å². The lowest BCUT2D eigenvalue weighted by atomic mass is 10.2. The highest BCUT2D eigenvalue weighted by molar-refractivity contribution is 5.94. The minimum absolute atomic E-state index is 0.0885. The van der Waals surface area contributed by atoms with E-state index in [0.29, 0.717) is 13.2 Å². The number of hydrogen-bond acceptors (Lipinski definition) is 4. The molecule has 26 heavy (non-hydrogen) atoms. The van der Waals surface area contributed by atoms with Crippen LogP contribution in [-0.4, -0.2) is 38.8 Å². The van der Waals surface area contributed by atoms with Crippen LogP contribution in [0.25, 0.3) is 0 Å². The topological polar surface area (TPSA) is 53.6 Å². The van der Waals surface area contributed by atoms with Gasteiger partial charge >= 0.3 is 0 Å². The molecule has 1 heterocycles. The molecule has 0 saturated carbocycles. The maximum absolute atomic E-state index is 13.6. The van der Waals surface area contributed by atoms with Crippen molar-refractivity contribution >= 4 is 23.0 Å². The summed E-state index contributed by atoms with van der Waals surface area (Å²) in [5, 5.41) is 5.51. The van der Waals surface area contributed by atoms with E-state index in [9.17, 15) is 13.6 Å². The minimum atomic E-state index is -0.678. The average molecular weight is 361 g/mol. The van der Waals surface area contributed by atoms with Crippen LogP contribution in [0.4, 0.5) is 25.8 Å². The number of para-hydroxylation sites is 3. The summed E-state index contributed by atoms with van der Waals surface area (Å²) in [6.07, 6.45) is 0.0885.